The molecule has 0 spiro atoms. The van der Waals surface area contributed by atoms with Crippen LogP contribution in [0.4, 0.5) is 0 Å². The number of carbonyl (C=O) groups excluding carboxylic acids is 1. The van der Waals surface area contributed by atoms with Gasteiger partial charge in [-0.05, 0) is 77.0 Å². The fourth-order valence-electron chi connectivity index (χ4n) is 7.92. The van der Waals surface area contributed by atoms with Crippen LogP contribution in [0.5, 0.6) is 0 Å². The molecule has 3 heterocycles. The maximum atomic E-state index is 13.2. The number of rotatable bonds is 33. The number of aliphatic hydroxyl groups excluding tert-OH is 11. The van der Waals surface area contributed by atoms with Crippen LogP contribution in [0.2, 0.25) is 0 Å². The van der Waals surface area contributed by atoms with Crippen LogP contribution in [-0.2, 0) is 33.2 Å². The van der Waals surface area contributed by atoms with E-state index in [1.807, 2.05) is 0 Å². The number of amides is 1. The highest BCUT2D eigenvalue weighted by atomic mass is 16.8. The molecule has 17 unspecified atom stereocenters. The molecule has 3 saturated heterocycles. The van der Waals surface area contributed by atoms with Crippen molar-refractivity contribution < 1.29 is 89.4 Å². The van der Waals surface area contributed by atoms with E-state index in [4.69, 9.17) is 28.4 Å². The Balaban J connectivity index is 1.59. The lowest BCUT2D eigenvalue weighted by Crippen LogP contribution is -2.66. The number of carbonyl (C=O) groups is 1. The highest BCUT2D eigenvalue weighted by Gasteiger charge is 2.53. The van der Waals surface area contributed by atoms with Crippen LogP contribution in [0.25, 0.3) is 0 Å². The van der Waals surface area contributed by atoms with Crippen LogP contribution in [-0.4, -0.2) is 193 Å². The molecule has 3 aliphatic rings. The zero-order valence-corrected chi connectivity index (χ0v) is 41.4. The van der Waals surface area contributed by atoms with Crippen molar-refractivity contribution >= 4 is 5.91 Å². The van der Waals surface area contributed by atoms with Crippen LogP contribution in [0.3, 0.4) is 0 Å². The Hall–Kier alpha value is -3.03. The van der Waals surface area contributed by atoms with Crippen molar-refractivity contribution in [3.63, 3.8) is 0 Å². The SMILES string of the molecule is CC/C=C\C/C=C\C/C=C\C/C=C\CCCCC(=O)NC(COC1OC(CO)C(OC2OC(CO)C(OC3OC(CO)C(O)C(O)C3O)C(O)C2O)C(O)C1O)C(O)/C=C/CC/C=C/CC/C=C/CCC. The average molecular weight is 1010 g/mol. The molecule has 0 saturated carbocycles. The van der Waals surface area contributed by atoms with E-state index in [2.05, 4.69) is 92.1 Å². The Morgan fingerprint density at radius 2 is 0.972 bits per heavy atom. The molecular formula is C52H85NO18. The highest BCUT2D eigenvalue weighted by molar-refractivity contribution is 5.76. The summed E-state index contributed by atoms with van der Waals surface area (Å²) in [5, 5.41) is 119. The van der Waals surface area contributed by atoms with Crippen LogP contribution in [0, 0.1) is 0 Å². The number of allylic oxidation sites excluding steroid dienone is 13. The molecule has 406 valence electrons. The second-order valence-corrected chi connectivity index (χ2v) is 17.9. The molecule has 12 N–H and O–H groups in total. The third kappa shape index (κ3) is 21.8. The van der Waals surface area contributed by atoms with E-state index < -0.39 is 131 Å². The maximum absolute atomic E-state index is 13.2. The van der Waals surface area contributed by atoms with Gasteiger partial charge in [-0.1, -0.05) is 105 Å². The van der Waals surface area contributed by atoms with Gasteiger partial charge in [0, 0.05) is 6.42 Å². The quantitative estimate of drug-likeness (QED) is 0.0329. The lowest BCUT2D eigenvalue weighted by atomic mass is 9.96. The lowest BCUT2D eigenvalue weighted by molar-refractivity contribution is -0.379. The van der Waals surface area contributed by atoms with Crippen molar-refractivity contribution in [1.82, 2.24) is 5.32 Å². The Labute approximate surface area is 419 Å². The Morgan fingerprint density at radius 1 is 0.521 bits per heavy atom. The molecule has 19 nitrogen and oxygen atoms in total. The van der Waals surface area contributed by atoms with Crippen molar-refractivity contribution in [2.24, 2.45) is 0 Å². The van der Waals surface area contributed by atoms with E-state index in [1.54, 1.807) is 12.2 Å². The van der Waals surface area contributed by atoms with E-state index in [-0.39, 0.29) is 12.3 Å². The van der Waals surface area contributed by atoms with Crippen molar-refractivity contribution in [3.8, 4) is 0 Å². The maximum Gasteiger partial charge on any atom is 0.220 e. The van der Waals surface area contributed by atoms with Gasteiger partial charge in [0.2, 0.25) is 5.91 Å². The van der Waals surface area contributed by atoms with Crippen LogP contribution in [0.15, 0.2) is 85.1 Å². The summed E-state index contributed by atoms with van der Waals surface area (Å²) < 4.78 is 34.0. The number of hydrogen-bond acceptors (Lipinski definition) is 18. The first-order valence-corrected chi connectivity index (χ1v) is 25.3. The third-order valence-electron chi connectivity index (χ3n) is 12.1. The van der Waals surface area contributed by atoms with Crippen LogP contribution >= 0.6 is 0 Å². The third-order valence-corrected chi connectivity index (χ3v) is 12.1. The van der Waals surface area contributed by atoms with Gasteiger partial charge in [0.15, 0.2) is 18.9 Å². The zero-order chi connectivity index (χ0) is 52.0. The van der Waals surface area contributed by atoms with E-state index in [1.165, 1.54) is 0 Å². The molecule has 0 radical (unpaired) electrons. The van der Waals surface area contributed by atoms with E-state index >= 15 is 0 Å². The van der Waals surface area contributed by atoms with E-state index in [0.717, 1.165) is 70.6 Å². The van der Waals surface area contributed by atoms with Gasteiger partial charge in [0.05, 0.1) is 38.6 Å². The first-order chi connectivity index (χ1) is 34.3. The summed E-state index contributed by atoms with van der Waals surface area (Å²) in [6.45, 7) is 1.40. The van der Waals surface area contributed by atoms with Gasteiger partial charge in [-0.15, -0.1) is 0 Å². The minimum Gasteiger partial charge on any atom is -0.394 e. The molecule has 0 aromatic heterocycles. The number of nitrogens with one attached hydrogen (secondary N) is 1. The average Bonchev–Trinajstić information content (AvgIpc) is 3.36. The highest BCUT2D eigenvalue weighted by Crippen LogP contribution is 2.33. The smallest absolute Gasteiger partial charge is 0.220 e. The molecule has 0 bridgehead atoms. The first-order valence-electron chi connectivity index (χ1n) is 25.3. The fraction of sp³-hybridized carbons (Fsp3) is 0.712. The van der Waals surface area contributed by atoms with Gasteiger partial charge in [-0.25, -0.2) is 0 Å². The molecule has 3 fully saturated rings. The van der Waals surface area contributed by atoms with E-state index in [0.29, 0.717) is 12.8 Å². The standard InChI is InChI=1S/C52H85NO18/c1-3-5-7-9-11-13-15-16-17-18-20-22-24-26-28-30-40(58)53-35(36(57)29-27-25-23-21-19-14-12-10-8-6-4-2)34-66-50-46(64)43(61)48(38(32-55)68-50)71-52-47(65)44(62)49(39(33-56)69-52)70-51-45(63)42(60)41(59)37(31-54)67-51/h5,7-8,10-11,13,16-17,19-22,27,29,35-39,41-52,54-57,59-65H,3-4,6,9,12,14-15,18,23-26,28,30-34H2,1-2H3,(H,53,58)/b7-5-,10-8+,13-11-,17-16-,21-19+,22-20-,29-27+. The second-order valence-electron chi connectivity index (χ2n) is 17.9. The monoisotopic (exact) mass is 1010 g/mol. The molecule has 17 atom stereocenters. The number of aliphatic hydroxyl groups is 11. The molecule has 3 rings (SSSR count). The van der Waals surface area contributed by atoms with Crippen molar-refractivity contribution in [3.05, 3.63) is 85.1 Å². The molecule has 1 amide bonds. The van der Waals surface area contributed by atoms with E-state index in [9.17, 15) is 61.0 Å². The molecule has 19 heteroatoms. The Kier molecular flexibility index (Phi) is 31.6. The Bertz CT molecular complexity index is 1630. The van der Waals surface area contributed by atoms with Crippen LogP contribution < -0.4 is 5.32 Å². The van der Waals surface area contributed by atoms with Crippen molar-refractivity contribution in [1.29, 1.82) is 0 Å². The number of hydrogen-bond donors (Lipinski definition) is 12. The Morgan fingerprint density at radius 3 is 1.51 bits per heavy atom. The summed E-state index contributed by atoms with van der Waals surface area (Å²) in [6.07, 6.45) is 13.2. The van der Waals surface area contributed by atoms with Crippen LogP contribution in [0.1, 0.15) is 104 Å². The summed E-state index contributed by atoms with van der Waals surface area (Å²) >= 11 is 0. The van der Waals surface area contributed by atoms with Gasteiger partial charge >= 0.3 is 0 Å². The molecule has 0 aromatic rings. The summed E-state index contributed by atoms with van der Waals surface area (Å²) in [4.78, 5) is 13.2. The van der Waals surface area contributed by atoms with Gasteiger partial charge < -0.3 is 89.9 Å². The normalized spacial score (nSPS) is 33.0. The summed E-state index contributed by atoms with van der Waals surface area (Å²) in [7, 11) is 0. The molecule has 71 heavy (non-hydrogen) atoms. The minimum absolute atomic E-state index is 0.174. The minimum atomic E-state index is -1.99. The first kappa shape index (κ1) is 62.3. The van der Waals surface area contributed by atoms with Crippen molar-refractivity contribution in [2.45, 2.75) is 208 Å². The summed E-state index contributed by atoms with van der Waals surface area (Å²) in [6, 6.07) is -1.02. The van der Waals surface area contributed by atoms with Gasteiger partial charge in [0.1, 0.15) is 73.2 Å². The van der Waals surface area contributed by atoms with Gasteiger partial charge in [-0.3, -0.25) is 4.79 Å². The fourth-order valence-corrected chi connectivity index (χ4v) is 7.92. The second kappa shape index (κ2) is 36.0. The molecule has 0 aromatic carbocycles. The topological polar surface area (TPSA) is 307 Å². The largest absolute Gasteiger partial charge is 0.394 e. The predicted molar refractivity (Wildman–Crippen MR) is 263 cm³/mol. The summed E-state index contributed by atoms with van der Waals surface area (Å²) in [5.41, 5.74) is 0. The predicted octanol–water partition coefficient (Wildman–Crippen LogP) is 1.69. The molecular weight excluding hydrogens is 927 g/mol. The number of unbranched alkanes of at least 4 members (excludes halogenated alkanes) is 5. The lowest BCUT2D eigenvalue weighted by Gasteiger charge is -2.48. The summed E-state index contributed by atoms with van der Waals surface area (Å²) in [5.74, 6) is -0.339. The molecule has 3 aliphatic heterocycles. The molecule has 0 aliphatic carbocycles. The zero-order valence-electron chi connectivity index (χ0n) is 41.4. The number of ether oxygens (including phenoxy) is 6. The van der Waals surface area contributed by atoms with Gasteiger partial charge in [0.25, 0.3) is 0 Å². The van der Waals surface area contributed by atoms with Gasteiger partial charge in [-0.2, -0.15) is 0 Å². The van der Waals surface area contributed by atoms with Crippen molar-refractivity contribution in [2.75, 3.05) is 26.4 Å².